The Balaban J connectivity index is 1.51. The number of amides is 1. The molecule has 6 nitrogen and oxygen atoms in total. The van der Waals surface area contributed by atoms with Crippen molar-refractivity contribution in [3.8, 4) is 5.75 Å². The van der Waals surface area contributed by atoms with Gasteiger partial charge in [-0.05, 0) is 30.3 Å². The summed E-state index contributed by atoms with van der Waals surface area (Å²) in [5.41, 5.74) is -0.750. The molecule has 0 aliphatic heterocycles. The smallest absolute Gasteiger partial charge is 0.416 e. The van der Waals surface area contributed by atoms with Gasteiger partial charge in [-0.25, -0.2) is 0 Å². The molecule has 0 aliphatic carbocycles. The van der Waals surface area contributed by atoms with Gasteiger partial charge in [-0.1, -0.05) is 36.0 Å². The van der Waals surface area contributed by atoms with Crippen LogP contribution in [0, 0.1) is 0 Å². The van der Waals surface area contributed by atoms with Crippen molar-refractivity contribution in [2.45, 2.75) is 17.8 Å². The maximum absolute atomic E-state index is 12.8. The quantitative estimate of drug-likeness (QED) is 0.424. The van der Waals surface area contributed by atoms with Gasteiger partial charge in [0.1, 0.15) is 11.6 Å². The summed E-state index contributed by atoms with van der Waals surface area (Å²) in [7, 11) is 1.73. The molecular weight excluding hydrogens is 417 g/mol. The number of ether oxygens (including phenoxy) is 1. The van der Waals surface area contributed by atoms with Gasteiger partial charge in [-0.3, -0.25) is 4.79 Å². The van der Waals surface area contributed by atoms with Crippen molar-refractivity contribution >= 4 is 23.4 Å². The number of hydrogen-bond donors (Lipinski definition) is 1. The first kappa shape index (κ1) is 21.7. The fourth-order valence-electron chi connectivity index (χ4n) is 2.56. The highest BCUT2D eigenvalue weighted by Crippen LogP contribution is 2.30. The van der Waals surface area contributed by atoms with Crippen LogP contribution in [0.15, 0.2) is 59.8 Å². The largest absolute Gasteiger partial charge is 0.493 e. The molecular formula is C20H19F3N4O2S. The van der Waals surface area contributed by atoms with Gasteiger partial charge >= 0.3 is 6.18 Å². The molecule has 0 saturated carbocycles. The SMILES string of the molecule is Cn1c(CC(=O)Nc2cccc(C(F)(F)F)c2)nnc1SCCOc1ccccc1. The van der Waals surface area contributed by atoms with Gasteiger partial charge < -0.3 is 14.6 Å². The Labute approximate surface area is 175 Å². The third-order valence-electron chi connectivity index (χ3n) is 4.04. The molecule has 0 saturated heterocycles. The number of carbonyl (C=O) groups is 1. The second-order valence-electron chi connectivity index (χ2n) is 6.27. The Kier molecular flexibility index (Phi) is 6.99. The molecule has 0 spiro atoms. The Morgan fingerprint density at radius 3 is 2.63 bits per heavy atom. The van der Waals surface area contributed by atoms with Crippen LogP contribution in [0.1, 0.15) is 11.4 Å². The lowest BCUT2D eigenvalue weighted by Crippen LogP contribution is -2.17. The van der Waals surface area contributed by atoms with Gasteiger partial charge in [-0.15, -0.1) is 10.2 Å². The minimum atomic E-state index is -4.47. The van der Waals surface area contributed by atoms with E-state index in [4.69, 9.17) is 4.74 Å². The molecule has 0 unspecified atom stereocenters. The molecule has 0 fully saturated rings. The third kappa shape index (κ3) is 5.99. The van der Waals surface area contributed by atoms with Crippen LogP contribution in [-0.4, -0.2) is 33.0 Å². The van der Waals surface area contributed by atoms with Gasteiger partial charge in [0.25, 0.3) is 0 Å². The number of halogens is 3. The molecule has 2 aromatic carbocycles. The summed E-state index contributed by atoms with van der Waals surface area (Å²) in [6, 6.07) is 13.9. The van der Waals surface area contributed by atoms with E-state index in [-0.39, 0.29) is 12.1 Å². The van der Waals surface area contributed by atoms with E-state index in [1.807, 2.05) is 30.3 Å². The number of benzene rings is 2. The Hall–Kier alpha value is -3.01. The fourth-order valence-corrected chi connectivity index (χ4v) is 3.30. The summed E-state index contributed by atoms with van der Waals surface area (Å²) in [5, 5.41) is 11.1. The minimum absolute atomic E-state index is 0.0738. The zero-order valence-electron chi connectivity index (χ0n) is 16.0. The Bertz CT molecular complexity index is 993. The predicted octanol–water partition coefficient (Wildman–Crippen LogP) is 4.19. The first-order valence-corrected chi connectivity index (χ1v) is 9.97. The van der Waals surface area contributed by atoms with Crippen molar-refractivity contribution < 1.29 is 22.7 Å². The average molecular weight is 436 g/mol. The van der Waals surface area contributed by atoms with Gasteiger partial charge in [-0.2, -0.15) is 13.2 Å². The number of thioether (sulfide) groups is 1. The van der Waals surface area contributed by atoms with Crippen molar-refractivity contribution in [1.82, 2.24) is 14.8 Å². The number of para-hydroxylation sites is 1. The number of hydrogen-bond acceptors (Lipinski definition) is 5. The molecule has 158 valence electrons. The molecule has 1 aromatic heterocycles. The topological polar surface area (TPSA) is 69.0 Å². The predicted molar refractivity (Wildman–Crippen MR) is 107 cm³/mol. The molecule has 3 aromatic rings. The lowest BCUT2D eigenvalue weighted by molar-refractivity contribution is -0.137. The number of nitrogens with one attached hydrogen (secondary N) is 1. The molecule has 0 radical (unpaired) electrons. The summed E-state index contributed by atoms with van der Waals surface area (Å²) in [4.78, 5) is 12.2. The second-order valence-corrected chi connectivity index (χ2v) is 7.33. The molecule has 10 heteroatoms. The van der Waals surface area contributed by atoms with Gasteiger partial charge in [0.05, 0.1) is 18.6 Å². The van der Waals surface area contributed by atoms with E-state index < -0.39 is 17.6 Å². The van der Waals surface area contributed by atoms with Crippen molar-refractivity contribution in [3.05, 3.63) is 66.0 Å². The zero-order valence-corrected chi connectivity index (χ0v) is 16.8. The van der Waals surface area contributed by atoms with E-state index in [1.54, 1.807) is 11.6 Å². The molecule has 30 heavy (non-hydrogen) atoms. The molecule has 1 heterocycles. The van der Waals surface area contributed by atoms with E-state index in [2.05, 4.69) is 15.5 Å². The molecule has 0 atom stereocenters. The lowest BCUT2D eigenvalue weighted by Gasteiger charge is -2.10. The molecule has 0 bridgehead atoms. The number of nitrogens with zero attached hydrogens (tertiary/aromatic N) is 3. The van der Waals surface area contributed by atoms with E-state index in [0.717, 1.165) is 17.9 Å². The molecule has 0 aliphatic rings. The van der Waals surface area contributed by atoms with E-state index >= 15 is 0 Å². The summed E-state index contributed by atoms with van der Waals surface area (Å²) in [6.45, 7) is 0.479. The number of carbonyl (C=O) groups excluding carboxylic acids is 1. The number of anilines is 1. The van der Waals surface area contributed by atoms with Gasteiger partial charge in [0.15, 0.2) is 5.16 Å². The normalized spacial score (nSPS) is 11.3. The zero-order chi connectivity index (χ0) is 21.6. The van der Waals surface area contributed by atoms with Crippen LogP contribution < -0.4 is 10.1 Å². The van der Waals surface area contributed by atoms with Crippen molar-refractivity contribution in [2.24, 2.45) is 7.05 Å². The molecule has 3 rings (SSSR count). The molecule has 1 N–H and O–H groups in total. The first-order chi connectivity index (χ1) is 14.3. The van der Waals surface area contributed by atoms with E-state index in [9.17, 15) is 18.0 Å². The van der Waals surface area contributed by atoms with Crippen LogP contribution in [0.3, 0.4) is 0 Å². The standard InChI is InChI=1S/C20H19F3N4O2S/c1-27-17(13-18(28)24-15-7-5-6-14(12-15)20(21,22)23)25-26-19(27)30-11-10-29-16-8-3-2-4-9-16/h2-9,12H,10-11,13H2,1H3,(H,24,28). The second kappa shape index (κ2) is 9.66. The van der Waals surface area contributed by atoms with Crippen LogP contribution in [0.25, 0.3) is 0 Å². The minimum Gasteiger partial charge on any atom is -0.493 e. The van der Waals surface area contributed by atoms with E-state index in [0.29, 0.717) is 23.3 Å². The van der Waals surface area contributed by atoms with Crippen LogP contribution in [0.2, 0.25) is 0 Å². The maximum Gasteiger partial charge on any atom is 0.416 e. The van der Waals surface area contributed by atoms with Gasteiger partial charge in [0.2, 0.25) is 5.91 Å². The molecule has 1 amide bonds. The summed E-state index contributed by atoms with van der Waals surface area (Å²) in [5.74, 6) is 1.35. The average Bonchev–Trinajstić information content (AvgIpc) is 3.05. The van der Waals surface area contributed by atoms with E-state index in [1.165, 1.54) is 23.9 Å². The lowest BCUT2D eigenvalue weighted by atomic mass is 10.2. The van der Waals surface area contributed by atoms with Crippen LogP contribution in [0.5, 0.6) is 5.75 Å². The van der Waals surface area contributed by atoms with Crippen LogP contribution in [-0.2, 0) is 24.4 Å². The van der Waals surface area contributed by atoms with Crippen molar-refractivity contribution in [3.63, 3.8) is 0 Å². The maximum atomic E-state index is 12.8. The number of rotatable bonds is 8. The Morgan fingerprint density at radius 2 is 1.90 bits per heavy atom. The summed E-state index contributed by atoms with van der Waals surface area (Å²) in [6.07, 6.45) is -4.58. The Morgan fingerprint density at radius 1 is 1.13 bits per heavy atom. The first-order valence-electron chi connectivity index (χ1n) is 8.99. The summed E-state index contributed by atoms with van der Waals surface area (Å²) >= 11 is 1.43. The van der Waals surface area contributed by atoms with Crippen LogP contribution >= 0.6 is 11.8 Å². The summed E-state index contributed by atoms with van der Waals surface area (Å²) < 4.78 is 45.7. The van der Waals surface area contributed by atoms with Crippen molar-refractivity contribution in [2.75, 3.05) is 17.7 Å². The number of alkyl halides is 3. The van der Waals surface area contributed by atoms with Gasteiger partial charge in [0, 0.05) is 18.5 Å². The van der Waals surface area contributed by atoms with Crippen molar-refractivity contribution in [1.29, 1.82) is 0 Å². The monoisotopic (exact) mass is 436 g/mol. The highest BCUT2D eigenvalue weighted by atomic mass is 32.2. The highest BCUT2D eigenvalue weighted by molar-refractivity contribution is 7.99. The fraction of sp³-hybridized carbons (Fsp3) is 0.250. The highest BCUT2D eigenvalue weighted by Gasteiger charge is 2.30. The third-order valence-corrected chi connectivity index (χ3v) is 5.03. The number of aromatic nitrogens is 3. The van der Waals surface area contributed by atoms with Crippen LogP contribution in [0.4, 0.5) is 18.9 Å².